The van der Waals surface area contributed by atoms with Gasteiger partial charge in [0.05, 0.1) is 0 Å². The van der Waals surface area contributed by atoms with Crippen LogP contribution < -0.4 is 34.7 Å². The first kappa shape index (κ1) is 21.5. The normalized spacial score (nSPS) is 21.7. The molecule has 0 bridgehead atoms. The van der Waals surface area contributed by atoms with Crippen molar-refractivity contribution in [2.45, 2.75) is 18.3 Å². The number of aliphatic carboxylic acids is 1. The standard InChI is InChI=1S/C17H16N2O6S.Na/c1-9(20)25-7-11-8-26-16-12(15(22)19(16)13(11)17(23)24)18-14(21)10-5-3-2-4-6-10;/h2-6,12,16H,7-8H2,1H3,(H,18,21)(H,23,24);/q;+1/p-1. The number of ether oxygens (including phenoxy) is 1. The number of amides is 1. The van der Waals surface area contributed by atoms with E-state index in [-0.39, 0.29) is 47.6 Å². The first-order valence-electron chi connectivity index (χ1n) is 7.73. The van der Waals surface area contributed by atoms with Gasteiger partial charge in [-0.3, -0.25) is 19.5 Å². The number of carboxylic acid groups (broad SMARTS) is 1. The third kappa shape index (κ3) is 4.37. The van der Waals surface area contributed by atoms with Gasteiger partial charge in [0.1, 0.15) is 17.7 Å². The van der Waals surface area contributed by atoms with Gasteiger partial charge >= 0.3 is 41.5 Å². The first-order valence-corrected chi connectivity index (χ1v) is 8.78. The number of hydrogen-bond donors (Lipinski definition) is 1. The fourth-order valence-corrected chi connectivity index (χ4v) is 4.04. The average molecular weight is 398 g/mol. The van der Waals surface area contributed by atoms with E-state index in [1.165, 1.54) is 18.7 Å². The molecule has 27 heavy (non-hydrogen) atoms. The second-order valence-corrected chi connectivity index (χ2v) is 6.80. The molecule has 3 rings (SSSR count). The number of rotatable bonds is 5. The van der Waals surface area contributed by atoms with Crippen molar-refractivity contribution in [2.75, 3.05) is 12.4 Å². The van der Waals surface area contributed by atoms with Crippen molar-refractivity contribution in [3.8, 4) is 0 Å². The van der Waals surface area contributed by atoms with Crippen molar-refractivity contribution in [1.82, 2.24) is 4.90 Å². The second-order valence-electron chi connectivity index (χ2n) is 5.69. The molecule has 2 heterocycles. The zero-order valence-corrected chi connectivity index (χ0v) is 17.6. The Morgan fingerprint density at radius 1 is 1.37 bits per heavy atom. The van der Waals surface area contributed by atoms with Crippen molar-refractivity contribution in [3.05, 3.63) is 47.2 Å². The fourth-order valence-electron chi connectivity index (χ4n) is 2.73. The average Bonchev–Trinajstić information content (AvgIpc) is 2.63. The Labute approximate surface area is 181 Å². The van der Waals surface area contributed by atoms with E-state index in [9.17, 15) is 24.6 Å². The Bertz CT molecular complexity index is 826. The molecule has 1 aromatic rings. The minimum atomic E-state index is -1.28. The molecule has 0 spiro atoms. The summed E-state index contributed by atoms with van der Waals surface area (Å²) in [6.45, 7) is 1.03. The maximum absolute atomic E-state index is 12.4. The van der Waals surface area contributed by atoms with Crippen LogP contribution in [0.15, 0.2) is 46.6 Å². The van der Waals surface area contributed by atoms with Gasteiger partial charge in [0, 0.05) is 18.2 Å². The largest absolute Gasteiger partial charge is 1.00 e. The summed E-state index contributed by atoms with van der Waals surface area (Å²) < 4.78 is 4.86. The van der Waals surface area contributed by atoms with E-state index in [1.807, 2.05) is 0 Å². The van der Waals surface area contributed by atoms with Crippen LogP contribution in [0.5, 0.6) is 0 Å². The van der Waals surface area contributed by atoms with E-state index >= 15 is 0 Å². The number of thioether (sulfide) groups is 1. The van der Waals surface area contributed by atoms with Gasteiger partial charge in [-0.25, -0.2) is 4.79 Å². The minimum Gasteiger partial charge on any atom is -0.858 e. The zero-order valence-electron chi connectivity index (χ0n) is 14.7. The Balaban J connectivity index is 0.00000261. The molecule has 8 nitrogen and oxygen atoms in total. The number of esters is 1. The molecule has 0 aliphatic carbocycles. The summed E-state index contributed by atoms with van der Waals surface area (Å²) in [5.41, 5.74) is 0.512. The van der Waals surface area contributed by atoms with E-state index in [0.717, 1.165) is 4.90 Å². The second kappa shape index (κ2) is 8.92. The molecule has 2 aliphatic heterocycles. The van der Waals surface area contributed by atoms with Gasteiger partial charge in [-0.15, -0.1) is 11.8 Å². The Morgan fingerprint density at radius 2 is 2.04 bits per heavy atom. The predicted octanol–water partition coefficient (Wildman–Crippen LogP) is -3.02. The number of benzene rings is 1. The SMILES string of the molecule is CC(=O)OCC1=C(C(=O)O)N2C(=O)C(N=C([O-])c3ccccc3)C2SC1.[Na+]. The third-order valence-corrected chi connectivity index (χ3v) is 5.27. The smallest absolute Gasteiger partial charge is 0.858 e. The summed E-state index contributed by atoms with van der Waals surface area (Å²) >= 11 is 1.29. The molecule has 136 valence electrons. The minimum absolute atomic E-state index is 0. The third-order valence-electron chi connectivity index (χ3n) is 3.95. The molecular formula is C17H15N2NaO6S. The molecule has 1 N–H and O–H groups in total. The summed E-state index contributed by atoms with van der Waals surface area (Å²) in [5, 5.41) is 21.1. The van der Waals surface area contributed by atoms with E-state index in [1.54, 1.807) is 30.3 Å². The molecule has 1 aromatic carbocycles. The molecule has 0 radical (unpaired) electrons. The number of fused-ring (bicyclic) bond motifs is 1. The Morgan fingerprint density at radius 3 is 2.63 bits per heavy atom. The van der Waals surface area contributed by atoms with Crippen molar-refractivity contribution in [1.29, 1.82) is 0 Å². The van der Waals surface area contributed by atoms with Gasteiger partial charge in [0.15, 0.2) is 6.04 Å². The molecular weight excluding hydrogens is 383 g/mol. The van der Waals surface area contributed by atoms with Crippen LogP contribution in [-0.2, 0) is 19.1 Å². The van der Waals surface area contributed by atoms with Crippen molar-refractivity contribution in [3.63, 3.8) is 0 Å². The first-order chi connectivity index (χ1) is 12.4. The van der Waals surface area contributed by atoms with Crippen molar-refractivity contribution < 1.29 is 58.9 Å². The van der Waals surface area contributed by atoms with Gasteiger partial charge in [0.25, 0.3) is 5.91 Å². The van der Waals surface area contributed by atoms with Crippen molar-refractivity contribution >= 4 is 35.5 Å². The van der Waals surface area contributed by atoms with Crippen LogP contribution in [0, 0.1) is 0 Å². The van der Waals surface area contributed by atoms with Crippen LogP contribution in [0.4, 0.5) is 0 Å². The Kier molecular flexibility index (Phi) is 7.10. The Hall–Kier alpha value is -1.81. The summed E-state index contributed by atoms with van der Waals surface area (Å²) in [5.74, 6) is -2.61. The molecule has 0 aromatic heterocycles. The molecule has 2 unspecified atom stereocenters. The number of carboxylic acids is 1. The van der Waals surface area contributed by atoms with Gasteiger partial charge < -0.3 is 14.9 Å². The van der Waals surface area contributed by atoms with Crippen LogP contribution in [0.1, 0.15) is 12.5 Å². The monoisotopic (exact) mass is 398 g/mol. The number of hydrogen-bond acceptors (Lipinski definition) is 7. The van der Waals surface area contributed by atoms with E-state index < -0.39 is 35.2 Å². The number of aliphatic imine (C=N–C) groups is 1. The van der Waals surface area contributed by atoms with Crippen LogP contribution in [0.3, 0.4) is 0 Å². The topological polar surface area (TPSA) is 119 Å². The number of β-lactam (4-membered cyclic amide) rings is 1. The molecule has 1 fully saturated rings. The molecule has 1 amide bonds. The molecule has 0 saturated carbocycles. The predicted molar refractivity (Wildman–Crippen MR) is 91.2 cm³/mol. The molecule has 1 saturated heterocycles. The van der Waals surface area contributed by atoms with Gasteiger partial charge in [-0.2, -0.15) is 0 Å². The fraction of sp³-hybridized carbons (Fsp3) is 0.294. The summed E-state index contributed by atoms with van der Waals surface area (Å²) in [7, 11) is 0. The maximum atomic E-state index is 12.4. The van der Waals surface area contributed by atoms with Crippen LogP contribution in [-0.4, -0.2) is 57.5 Å². The van der Waals surface area contributed by atoms with E-state index in [0.29, 0.717) is 11.1 Å². The van der Waals surface area contributed by atoms with Crippen LogP contribution in [0.25, 0.3) is 0 Å². The summed E-state index contributed by atoms with van der Waals surface area (Å²) in [6.07, 6.45) is 0. The number of carbonyl (C=O) groups excluding carboxylic acids is 2. The van der Waals surface area contributed by atoms with E-state index in [2.05, 4.69) is 4.99 Å². The maximum Gasteiger partial charge on any atom is 1.00 e. The molecule has 2 aliphatic rings. The van der Waals surface area contributed by atoms with Gasteiger partial charge in [0.2, 0.25) is 0 Å². The molecule has 10 heteroatoms. The summed E-state index contributed by atoms with van der Waals surface area (Å²) in [4.78, 5) is 40.1. The van der Waals surface area contributed by atoms with Crippen molar-refractivity contribution in [2.24, 2.45) is 4.99 Å². The zero-order chi connectivity index (χ0) is 18.8. The number of carbonyl (C=O) groups is 3. The van der Waals surface area contributed by atoms with Crippen LogP contribution in [0.2, 0.25) is 0 Å². The quantitative estimate of drug-likeness (QED) is 0.184. The summed E-state index contributed by atoms with van der Waals surface area (Å²) in [6, 6.07) is 7.43. The van der Waals surface area contributed by atoms with Gasteiger partial charge in [-0.1, -0.05) is 30.3 Å². The van der Waals surface area contributed by atoms with Crippen LogP contribution >= 0.6 is 11.8 Å². The number of nitrogens with zero attached hydrogens (tertiary/aromatic N) is 2. The van der Waals surface area contributed by atoms with E-state index in [4.69, 9.17) is 4.74 Å². The molecule has 2 atom stereocenters. The van der Waals surface area contributed by atoms with Gasteiger partial charge in [-0.05, 0) is 11.5 Å².